The van der Waals surface area contributed by atoms with Crippen molar-refractivity contribution in [1.29, 1.82) is 0 Å². The molecule has 1 amide bonds. The molecular formula is C25H28N2O4. The number of ether oxygens (including phenoxy) is 1. The van der Waals surface area contributed by atoms with Crippen molar-refractivity contribution < 1.29 is 19.4 Å². The van der Waals surface area contributed by atoms with Crippen molar-refractivity contribution in [1.82, 2.24) is 9.47 Å². The fraction of sp³-hybridized carbons (Fsp3) is 0.360. The second-order valence-corrected chi connectivity index (χ2v) is 8.07. The van der Waals surface area contributed by atoms with Crippen molar-refractivity contribution in [2.45, 2.75) is 32.7 Å². The minimum atomic E-state index is -0.899. The maximum absolute atomic E-state index is 13.1. The molecule has 0 unspecified atom stereocenters. The Kier molecular flexibility index (Phi) is 6.37. The van der Waals surface area contributed by atoms with E-state index >= 15 is 0 Å². The lowest BCUT2D eigenvalue weighted by molar-refractivity contribution is 0.0304. The number of nitrogens with zero attached hydrogens (tertiary/aromatic N) is 2. The first kappa shape index (κ1) is 21.1. The summed E-state index contributed by atoms with van der Waals surface area (Å²) in [4.78, 5) is 26.0. The minimum absolute atomic E-state index is 0.0798. The number of aromatic nitrogens is 1. The molecule has 0 radical (unpaired) electrons. The van der Waals surface area contributed by atoms with Crippen LogP contribution in [0.1, 0.15) is 44.7 Å². The molecule has 0 aliphatic carbocycles. The highest BCUT2D eigenvalue weighted by atomic mass is 16.5. The summed E-state index contributed by atoms with van der Waals surface area (Å²) >= 11 is 0. The van der Waals surface area contributed by atoms with Gasteiger partial charge in [-0.15, -0.1) is 0 Å². The van der Waals surface area contributed by atoms with Crippen LogP contribution in [0.5, 0.6) is 0 Å². The number of amides is 1. The van der Waals surface area contributed by atoms with Crippen LogP contribution < -0.4 is 0 Å². The fourth-order valence-corrected chi connectivity index (χ4v) is 4.26. The molecule has 0 atom stereocenters. The van der Waals surface area contributed by atoms with E-state index < -0.39 is 5.97 Å². The van der Waals surface area contributed by atoms with Gasteiger partial charge in [0.2, 0.25) is 0 Å². The number of unbranched alkanes of at least 4 members (excludes halogenated alkanes) is 1. The number of benzene rings is 2. The van der Waals surface area contributed by atoms with Gasteiger partial charge in [0.1, 0.15) is 0 Å². The lowest BCUT2D eigenvalue weighted by atomic mass is 10.1. The Morgan fingerprint density at radius 2 is 1.77 bits per heavy atom. The molecule has 1 N–H and O–H groups in total. The molecule has 1 saturated heterocycles. The van der Waals surface area contributed by atoms with Gasteiger partial charge in [0.25, 0.3) is 5.91 Å². The number of hydrogen-bond donors (Lipinski definition) is 1. The molecule has 4 rings (SSSR count). The fourth-order valence-electron chi connectivity index (χ4n) is 4.26. The average molecular weight is 421 g/mol. The number of aryl methyl sites for hydroxylation is 3. The number of hydrogen-bond acceptors (Lipinski definition) is 3. The molecule has 0 bridgehead atoms. The summed E-state index contributed by atoms with van der Waals surface area (Å²) in [6, 6.07) is 13.2. The predicted octanol–water partition coefficient (Wildman–Crippen LogP) is 4.14. The van der Waals surface area contributed by atoms with Crippen LogP contribution in [-0.2, 0) is 17.7 Å². The first-order valence-electron chi connectivity index (χ1n) is 10.8. The minimum Gasteiger partial charge on any atom is -0.478 e. The lowest BCUT2D eigenvalue weighted by Gasteiger charge is -2.26. The number of aromatic carboxylic acids is 1. The summed E-state index contributed by atoms with van der Waals surface area (Å²) in [7, 11) is 0. The lowest BCUT2D eigenvalue weighted by Crippen LogP contribution is -2.40. The van der Waals surface area contributed by atoms with E-state index in [0.29, 0.717) is 31.9 Å². The third-order valence-corrected chi connectivity index (χ3v) is 5.94. The quantitative estimate of drug-likeness (QED) is 0.583. The van der Waals surface area contributed by atoms with Crippen molar-refractivity contribution >= 4 is 22.8 Å². The van der Waals surface area contributed by atoms with Gasteiger partial charge in [-0.05, 0) is 49.4 Å². The molecule has 6 heteroatoms. The van der Waals surface area contributed by atoms with E-state index in [9.17, 15) is 9.59 Å². The van der Waals surface area contributed by atoms with Crippen LogP contribution in [0, 0.1) is 6.92 Å². The summed E-state index contributed by atoms with van der Waals surface area (Å²) < 4.78 is 7.60. The molecule has 1 aliphatic rings. The summed E-state index contributed by atoms with van der Waals surface area (Å²) in [6.07, 6.45) is 4.88. The number of fused-ring (bicyclic) bond motifs is 1. The summed E-state index contributed by atoms with van der Waals surface area (Å²) in [6.45, 7) is 5.39. The van der Waals surface area contributed by atoms with Gasteiger partial charge in [0.15, 0.2) is 0 Å². The zero-order valence-electron chi connectivity index (χ0n) is 17.8. The Bertz CT molecular complexity index is 1080. The largest absolute Gasteiger partial charge is 0.478 e. The van der Waals surface area contributed by atoms with Gasteiger partial charge in [-0.2, -0.15) is 0 Å². The van der Waals surface area contributed by atoms with Gasteiger partial charge < -0.3 is 19.3 Å². The van der Waals surface area contributed by atoms with E-state index in [1.54, 1.807) is 12.1 Å². The van der Waals surface area contributed by atoms with E-state index in [1.807, 2.05) is 35.4 Å². The number of carboxylic acid groups (broad SMARTS) is 1. The maximum atomic E-state index is 13.1. The van der Waals surface area contributed by atoms with Crippen molar-refractivity contribution in [2.75, 3.05) is 26.3 Å². The number of carboxylic acids is 1. The number of para-hydroxylation sites is 1. The number of rotatable bonds is 7. The van der Waals surface area contributed by atoms with Crippen LogP contribution in [0.15, 0.2) is 48.7 Å². The average Bonchev–Trinajstić information content (AvgIpc) is 3.17. The van der Waals surface area contributed by atoms with Crippen LogP contribution >= 0.6 is 0 Å². The Hall–Kier alpha value is -3.12. The third kappa shape index (κ3) is 4.64. The van der Waals surface area contributed by atoms with Gasteiger partial charge in [-0.25, -0.2) is 4.79 Å². The molecule has 31 heavy (non-hydrogen) atoms. The molecule has 3 aromatic rings. The Morgan fingerprint density at radius 1 is 1.03 bits per heavy atom. The summed E-state index contributed by atoms with van der Waals surface area (Å²) in [5, 5.41) is 10.0. The van der Waals surface area contributed by atoms with Crippen LogP contribution in [-0.4, -0.2) is 52.8 Å². The topological polar surface area (TPSA) is 71.8 Å². The first-order valence-corrected chi connectivity index (χ1v) is 10.8. The molecule has 6 nitrogen and oxygen atoms in total. The molecule has 1 aliphatic heterocycles. The number of carbonyl (C=O) groups excluding carboxylic acids is 1. The normalized spacial score (nSPS) is 14.2. The van der Waals surface area contributed by atoms with Crippen molar-refractivity contribution in [3.8, 4) is 0 Å². The van der Waals surface area contributed by atoms with Gasteiger partial charge in [-0.1, -0.05) is 30.3 Å². The van der Waals surface area contributed by atoms with Crippen molar-refractivity contribution in [2.24, 2.45) is 0 Å². The van der Waals surface area contributed by atoms with Gasteiger partial charge in [-0.3, -0.25) is 4.79 Å². The molecule has 2 heterocycles. The number of carbonyl (C=O) groups is 2. The van der Waals surface area contributed by atoms with E-state index in [4.69, 9.17) is 9.84 Å². The third-order valence-electron chi connectivity index (χ3n) is 5.94. The van der Waals surface area contributed by atoms with E-state index in [-0.39, 0.29) is 5.91 Å². The maximum Gasteiger partial charge on any atom is 0.335 e. The highest BCUT2D eigenvalue weighted by Gasteiger charge is 2.23. The zero-order chi connectivity index (χ0) is 21.8. The molecule has 2 aromatic carbocycles. The Morgan fingerprint density at radius 3 is 2.48 bits per heavy atom. The van der Waals surface area contributed by atoms with E-state index in [2.05, 4.69) is 17.6 Å². The molecule has 162 valence electrons. The van der Waals surface area contributed by atoms with Crippen molar-refractivity contribution in [3.63, 3.8) is 0 Å². The number of morpholine rings is 1. The van der Waals surface area contributed by atoms with E-state index in [1.165, 1.54) is 5.56 Å². The van der Waals surface area contributed by atoms with E-state index in [0.717, 1.165) is 47.8 Å². The van der Waals surface area contributed by atoms with Gasteiger partial charge in [0.05, 0.1) is 29.9 Å². The van der Waals surface area contributed by atoms with Crippen LogP contribution in [0.25, 0.3) is 10.9 Å². The molecular weight excluding hydrogens is 392 g/mol. The monoisotopic (exact) mass is 420 g/mol. The second-order valence-electron chi connectivity index (χ2n) is 8.07. The Balaban J connectivity index is 1.46. The van der Waals surface area contributed by atoms with Gasteiger partial charge >= 0.3 is 5.97 Å². The highest BCUT2D eigenvalue weighted by Crippen LogP contribution is 2.26. The van der Waals surface area contributed by atoms with Gasteiger partial charge in [0, 0.05) is 31.2 Å². The molecule has 1 aromatic heterocycles. The van der Waals surface area contributed by atoms with Crippen LogP contribution in [0.4, 0.5) is 0 Å². The zero-order valence-corrected chi connectivity index (χ0v) is 17.8. The molecule has 1 fully saturated rings. The Labute approximate surface area is 182 Å². The van der Waals surface area contributed by atoms with Crippen LogP contribution in [0.2, 0.25) is 0 Å². The second kappa shape index (κ2) is 9.35. The summed E-state index contributed by atoms with van der Waals surface area (Å²) in [5.74, 6) is -0.819. The summed E-state index contributed by atoms with van der Waals surface area (Å²) in [5.41, 5.74) is 4.52. The molecule has 0 spiro atoms. The van der Waals surface area contributed by atoms with Crippen LogP contribution in [0.3, 0.4) is 0 Å². The standard InChI is InChI=1S/C25H28N2O4/c1-18-5-4-7-21-22(24(28)26-13-15-31-16-14-26)17-27(23(18)21)12-3-2-6-19-8-10-20(11-9-19)25(29)30/h4-5,7-11,17H,2-3,6,12-16H2,1H3,(H,29,30). The smallest absolute Gasteiger partial charge is 0.335 e. The highest BCUT2D eigenvalue weighted by molar-refractivity contribution is 6.07. The van der Waals surface area contributed by atoms with Crippen molar-refractivity contribution in [3.05, 3.63) is 70.9 Å². The predicted molar refractivity (Wildman–Crippen MR) is 120 cm³/mol. The SMILES string of the molecule is Cc1cccc2c(C(=O)N3CCOCC3)cn(CCCCc3ccc(C(=O)O)cc3)c12. The molecule has 0 saturated carbocycles. The first-order chi connectivity index (χ1) is 15.0.